The molecule has 0 heterocycles. The number of benzene rings is 1. The van der Waals surface area contributed by atoms with Gasteiger partial charge in [0.05, 0.1) is 6.10 Å². The zero-order valence-corrected chi connectivity index (χ0v) is 12.8. The second-order valence-corrected chi connectivity index (χ2v) is 6.83. The van der Waals surface area contributed by atoms with Gasteiger partial charge in [0.2, 0.25) is 0 Å². The summed E-state index contributed by atoms with van der Waals surface area (Å²) in [4.78, 5) is 0. The minimum Gasteiger partial charge on any atom is -0.392 e. The van der Waals surface area contributed by atoms with Gasteiger partial charge in [-0.2, -0.15) is 0 Å². The van der Waals surface area contributed by atoms with Crippen molar-refractivity contribution in [1.82, 2.24) is 5.32 Å². The van der Waals surface area contributed by atoms with Crippen LogP contribution >= 0.6 is 15.9 Å². The van der Waals surface area contributed by atoms with Crippen LogP contribution in [0.3, 0.4) is 0 Å². The maximum atomic E-state index is 10.2. The number of hydrogen-bond acceptors (Lipinski definition) is 2. The Morgan fingerprint density at radius 2 is 1.95 bits per heavy atom. The first-order valence-electron chi connectivity index (χ1n) is 7.46. The Morgan fingerprint density at radius 3 is 2.84 bits per heavy atom. The van der Waals surface area contributed by atoms with Crippen molar-refractivity contribution in [3.63, 3.8) is 0 Å². The van der Waals surface area contributed by atoms with Gasteiger partial charge < -0.3 is 10.4 Å². The SMILES string of the molecule is OC1CCCCCC1NC1CCc2cc(Br)ccc21. The van der Waals surface area contributed by atoms with E-state index in [4.69, 9.17) is 0 Å². The fraction of sp³-hybridized carbons (Fsp3) is 0.625. The van der Waals surface area contributed by atoms with Crippen LogP contribution < -0.4 is 5.32 Å². The number of fused-ring (bicyclic) bond motifs is 1. The Hall–Kier alpha value is -0.380. The van der Waals surface area contributed by atoms with Crippen LogP contribution in [0.15, 0.2) is 22.7 Å². The van der Waals surface area contributed by atoms with E-state index in [0.29, 0.717) is 6.04 Å². The molecule has 3 rings (SSSR count). The molecular weight excluding hydrogens is 302 g/mol. The second kappa shape index (κ2) is 5.94. The molecule has 2 N–H and O–H groups in total. The Balaban J connectivity index is 1.71. The summed E-state index contributed by atoms with van der Waals surface area (Å²) in [7, 11) is 0. The zero-order chi connectivity index (χ0) is 13.2. The number of hydrogen-bond donors (Lipinski definition) is 2. The third-order valence-electron chi connectivity index (χ3n) is 4.58. The van der Waals surface area contributed by atoms with Crippen molar-refractivity contribution >= 4 is 15.9 Å². The van der Waals surface area contributed by atoms with Gasteiger partial charge in [0.1, 0.15) is 0 Å². The third-order valence-corrected chi connectivity index (χ3v) is 5.07. The largest absolute Gasteiger partial charge is 0.392 e. The molecule has 3 atom stereocenters. The summed E-state index contributed by atoms with van der Waals surface area (Å²) < 4.78 is 1.17. The molecular formula is C16H22BrNO. The molecule has 1 fully saturated rings. The highest BCUT2D eigenvalue weighted by Gasteiger charge is 2.28. The lowest BCUT2D eigenvalue weighted by molar-refractivity contribution is 0.113. The molecule has 0 saturated heterocycles. The summed E-state index contributed by atoms with van der Waals surface area (Å²) in [5.41, 5.74) is 2.88. The molecule has 0 aliphatic heterocycles. The number of aryl methyl sites for hydroxylation is 1. The molecule has 1 saturated carbocycles. The van der Waals surface area contributed by atoms with Gasteiger partial charge in [0.25, 0.3) is 0 Å². The van der Waals surface area contributed by atoms with E-state index in [-0.39, 0.29) is 12.1 Å². The summed E-state index contributed by atoms with van der Waals surface area (Å²) in [5, 5.41) is 13.9. The van der Waals surface area contributed by atoms with Gasteiger partial charge >= 0.3 is 0 Å². The Labute approximate surface area is 123 Å². The summed E-state index contributed by atoms with van der Waals surface area (Å²) in [6, 6.07) is 7.30. The minimum atomic E-state index is -0.165. The van der Waals surface area contributed by atoms with E-state index in [1.165, 1.54) is 34.9 Å². The van der Waals surface area contributed by atoms with Crippen LogP contribution in [0.1, 0.15) is 55.7 Å². The van der Waals surface area contributed by atoms with E-state index in [1.54, 1.807) is 0 Å². The molecule has 3 unspecified atom stereocenters. The molecule has 0 aromatic heterocycles. The van der Waals surface area contributed by atoms with E-state index < -0.39 is 0 Å². The van der Waals surface area contributed by atoms with Gasteiger partial charge in [-0.05, 0) is 48.9 Å². The molecule has 0 bridgehead atoms. The quantitative estimate of drug-likeness (QED) is 0.813. The van der Waals surface area contributed by atoms with Crippen LogP contribution in [-0.4, -0.2) is 17.3 Å². The van der Waals surface area contributed by atoms with Crippen LogP contribution in [0.25, 0.3) is 0 Å². The molecule has 0 amide bonds. The zero-order valence-electron chi connectivity index (χ0n) is 11.2. The molecule has 104 valence electrons. The lowest BCUT2D eigenvalue weighted by Gasteiger charge is -2.26. The molecule has 2 aliphatic carbocycles. The molecule has 0 radical (unpaired) electrons. The standard InChI is InChI=1S/C16H22BrNO/c17-12-7-8-13-11(10-12)6-9-14(13)18-15-4-2-1-3-5-16(15)19/h7-8,10,14-16,18-19H,1-6,9H2. The van der Waals surface area contributed by atoms with E-state index in [9.17, 15) is 5.11 Å². The van der Waals surface area contributed by atoms with Crippen LogP contribution in [0.5, 0.6) is 0 Å². The van der Waals surface area contributed by atoms with Crippen molar-refractivity contribution < 1.29 is 5.11 Å². The van der Waals surface area contributed by atoms with Crippen molar-refractivity contribution in [2.75, 3.05) is 0 Å². The lowest BCUT2D eigenvalue weighted by atomic mass is 10.0. The molecule has 1 aromatic rings. The topological polar surface area (TPSA) is 32.3 Å². The third kappa shape index (κ3) is 3.04. The normalized spacial score (nSPS) is 30.9. The summed E-state index contributed by atoms with van der Waals surface area (Å²) in [6.07, 6.45) is 7.90. The Morgan fingerprint density at radius 1 is 1.11 bits per heavy atom. The maximum Gasteiger partial charge on any atom is 0.0693 e. The van der Waals surface area contributed by atoms with Crippen molar-refractivity contribution in [2.24, 2.45) is 0 Å². The number of aliphatic hydroxyl groups excluding tert-OH is 1. The summed E-state index contributed by atoms with van der Waals surface area (Å²) in [5.74, 6) is 0. The first-order valence-corrected chi connectivity index (χ1v) is 8.26. The fourth-order valence-electron chi connectivity index (χ4n) is 3.50. The van der Waals surface area contributed by atoms with E-state index >= 15 is 0 Å². The lowest BCUT2D eigenvalue weighted by Crippen LogP contribution is -2.40. The maximum absolute atomic E-state index is 10.2. The van der Waals surface area contributed by atoms with Crippen LogP contribution in [-0.2, 0) is 6.42 Å². The van der Waals surface area contributed by atoms with Gasteiger partial charge in [-0.15, -0.1) is 0 Å². The van der Waals surface area contributed by atoms with Crippen molar-refractivity contribution in [1.29, 1.82) is 0 Å². The smallest absolute Gasteiger partial charge is 0.0693 e. The average Bonchev–Trinajstić information content (AvgIpc) is 2.67. The Bertz CT molecular complexity index is 448. The predicted octanol–water partition coefficient (Wildman–Crippen LogP) is 3.72. The summed E-state index contributed by atoms with van der Waals surface area (Å²) >= 11 is 3.54. The first kappa shape index (κ1) is 13.6. The van der Waals surface area contributed by atoms with Gasteiger partial charge in [-0.25, -0.2) is 0 Å². The van der Waals surface area contributed by atoms with Gasteiger partial charge in [-0.3, -0.25) is 0 Å². The highest BCUT2D eigenvalue weighted by atomic mass is 79.9. The van der Waals surface area contributed by atoms with Gasteiger partial charge in [0.15, 0.2) is 0 Å². The van der Waals surface area contributed by atoms with Gasteiger partial charge in [0, 0.05) is 16.6 Å². The summed E-state index contributed by atoms with van der Waals surface area (Å²) in [6.45, 7) is 0. The first-order chi connectivity index (χ1) is 9.24. The van der Waals surface area contributed by atoms with Crippen molar-refractivity contribution in [2.45, 2.75) is 63.1 Å². The van der Waals surface area contributed by atoms with Crippen molar-refractivity contribution in [3.8, 4) is 0 Å². The molecule has 1 aromatic carbocycles. The van der Waals surface area contributed by atoms with E-state index in [1.807, 2.05) is 0 Å². The van der Waals surface area contributed by atoms with Crippen LogP contribution in [0, 0.1) is 0 Å². The monoisotopic (exact) mass is 323 g/mol. The number of nitrogens with one attached hydrogen (secondary N) is 1. The molecule has 2 nitrogen and oxygen atoms in total. The number of rotatable bonds is 2. The second-order valence-electron chi connectivity index (χ2n) is 5.91. The molecule has 2 aliphatic rings. The molecule has 3 heteroatoms. The average molecular weight is 324 g/mol. The minimum absolute atomic E-state index is 0.165. The molecule has 19 heavy (non-hydrogen) atoms. The van der Waals surface area contributed by atoms with Crippen LogP contribution in [0.4, 0.5) is 0 Å². The Kier molecular flexibility index (Phi) is 4.25. The fourth-order valence-corrected chi connectivity index (χ4v) is 3.91. The number of halogens is 1. The molecule has 0 spiro atoms. The van der Waals surface area contributed by atoms with E-state index in [0.717, 1.165) is 25.7 Å². The van der Waals surface area contributed by atoms with Crippen molar-refractivity contribution in [3.05, 3.63) is 33.8 Å². The van der Waals surface area contributed by atoms with E-state index in [2.05, 4.69) is 39.4 Å². The van der Waals surface area contributed by atoms with Crippen LogP contribution in [0.2, 0.25) is 0 Å². The highest BCUT2D eigenvalue weighted by molar-refractivity contribution is 9.10. The van der Waals surface area contributed by atoms with Gasteiger partial charge in [-0.1, -0.05) is 41.3 Å². The predicted molar refractivity (Wildman–Crippen MR) is 81.2 cm³/mol. The highest BCUT2D eigenvalue weighted by Crippen LogP contribution is 2.34. The number of aliphatic hydroxyl groups is 1.